The summed E-state index contributed by atoms with van der Waals surface area (Å²) in [4.78, 5) is 4.05. The number of halogens is 1. The summed E-state index contributed by atoms with van der Waals surface area (Å²) in [5, 5.41) is 9.18. The van der Waals surface area contributed by atoms with E-state index >= 15 is 0 Å². The summed E-state index contributed by atoms with van der Waals surface area (Å²) < 4.78 is 0.920. The average molecular weight is 231 g/mol. The number of nitrogens with zero attached hydrogens (tertiary/aromatic N) is 1. The fourth-order valence-corrected chi connectivity index (χ4v) is 1.20. The summed E-state index contributed by atoms with van der Waals surface area (Å²) in [5.41, 5.74) is 6.37. The molecule has 4 heteroatoms. The molecule has 0 aliphatic rings. The third kappa shape index (κ3) is 2.27. The molecule has 1 aromatic heterocycles. The first-order chi connectivity index (χ1) is 5.61. The maximum Gasteiger partial charge on any atom is 0.0731 e. The molecule has 0 saturated carbocycles. The van der Waals surface area contributed by atoms with Gasteiger partial charge in [0, 0.05) is 10.7 Å². The molecule has 2 atom stereocenters. The maximum absolute atomic E-state index is 9.18. The predicted molar refractivity (Wildman–Crippen MR) is 50.5 cm³/mol. The van der Waals surface area contributed by atoms with Crippen LogP contribution >= 0.6 is 15.9 Å². The first-order valence-corrected chi connectivity index (χ1v) is 4.45. The number of aromatic nitrogens is 1. The third-order valence-corrected chi connectivity index (χ3v) is 2.10. The highest BCUT2D eigenvalue weighted by Crippen LogP contribution is 2.15. The Morgan fingerprint density at radius 3 is 2.83 bits per heavy atom. The van der Waals surface area contributed by atoms with Gasteiger partial charge >= 0.3 is 0 Å². The molecule has 2 unspecified atom stereocenters. The van der Waals surface area contributed by atoms with Crippen LogP contribution in [0.5, 0.6) is 0 Å². The molecule has 0 aromatic carbocycles. The lowest BCUT2D eigenvalue weighted by molar-refractivity contribution is 0.162. The van der Waals surface area contributed by atoms with Gasteiger partial charge in [-0.3, -0.25) is 4.98 Å². The van der Waals surface area contributed by atoms with Crippen LogP contribution in [0.25, 0.3) is 0 Å². The van der Waals surface area contributed by atoms with Gasteiger partial charge < -0.3 is 10.8 Å². The van der Waals surface area contributed by atoms with E-state index in [2.05, 4.69) is 20.9 Å². The van der Waals surface area contributed by atoms with E-state index in [-0.39, 0.29) is 0 Å². The van der Waals surface area contributed by atoms with Crippen LogP contribution < -0.4 is 5.73 Å². The molecule has 1 rings (SSSR count). The number of nitrogens with two attached hydrogens (primary N) is 1. The van der Waals surface area contributed by atoms with Crippen molar-refractivity contribution in [1.29, 1.82) is 0 Å². The van der Waals surface area contributed by atoms with Crippen LogP contribution in [-0.2, 0) is 0 Å². The minimum atomic E-state index is -0.577. The zero-order chi connectivity index (χ0) is 9.14. The van der Waals surface area contributed by atoms with Gasteiger partial charge in [0.15, 0.2) is 0 Å². The monoisotopic (exact) mass is 230 g/mol. The van der Waals surface area contributed by atoms with E-state index in [0.29, 0.717) is 5.69 Å². The van der Waals surface area contributed by atoms with Crippen LogP contribution in [0.15, 0.2) is 22.8 Å². The third-order valence-electron chi connectivity index (χ3n) is 1.60. The molecule has 0 aliphatic carbocycles. The molecule has 3 nitrogen and oxygen atoms in total. The lowest BCUT2D eigenvalue weighted by Crippen LogP contribution is -2.24. The smallest absolute Gasteiger partial charge is 0.0731 e. The molecule has 0 aliphatic heterocycles. The van der Waals surface area contributed by atoms with E-state index in [9.17, 15) is 5.11 Å². The standard InChI is InChI=1S/C8H11BrN2O/c1-5(12)8(10)7-4-6(9)2-3-11-7/h2-5,8,12H,10H2,1H3. The number of hydrogen-bond acceptors (Lipinski definition) is 3. The molecule has 3 N–H and O–H groups in total. The van der Waals surface area contributed by atoms with Gasteiger partial charge in [0.05, 0.1) is 17.8 Å². The summed E-state index contributed by atoms with van der Waals surface area (Å²) >= 11 is 3.30. The summed E-state index contributed by atoms with van der Waals surface area (Å²) in [6, 6.07) is 3.21. The molecule has 1 heterocycles. The van der Waals surface area contributed by atoms with E-state index in [4.69, 9.17) is 5.73 Å². The van der Waals surface area contributed by atoms with Gasteiger partial charge in [-0.25, -0.2) is 0 Å². The minimum Gasteiger partial charge on any atom is -0.391 e. The van der Waals surface area contributed by atoms with Crippen molar-refractivity contribution in [2.75, 3.05) is 0 Å². The van der Waals surface area contributed by atoms with Crippen molar-refractivity contribution < 1.29 is 5.11 Å². The summed E-state index contributed by atoms with van der Waals surface area (Å²) in [7, 11) is 0. The van der Waals surface area contributed by atoms with Gasteiger partial charge in [-0.05, 0) is 19.1 Å². The lowest BCUT2D eigenvalue weighted by atomic mass is 10.1. The second-order valence-corrected chi connectivity index (χ2v) is 3.58. The largest absolute Gasteiger partial charge is 0.391 e. The van der Waals surface area contributed by atoms with Gasteiger partial charge in [-0.1, -0.05) is 15.9 Å². The van der Waals surface area contributed by atoms with Gasteiger partial charge in [0.2, 0.25) is 0 Å². The highest BCUT2D eigenvalue weighted by atomic mass is 79.9. The molecule has 0 radical (unpaired) electrons. The Hall–Kier alpha value is -0.450. The zero-order valence-electron chi connectivity index (χ0n) is 6.74. The Labute approximate surface area is 79.7 Å². The Bertz CT molecular complexity index is 265. The summed E-state index contributed by atoms with van der Waals surface area (Å²) in [5.74, 6) is 0. The number of aliphatic hydroxyl groups is 1. The van der Waals surface area contributed by atoms with Crippen molar-refractivity contribution in [3.63, 3.8) is 0 Å². The predicted octanol–water partition coefficient (Wildman–Crippen LogP) is 1.22. The van der Waals surface area contributed by atoms with Crippen LogP contribution in [0.1, 0.15) is 18.7 Å². The van der Waals surface area contributed by atoms with Crippen molar-refractivity contribution >= 4 is 15.9 Å². The molecule has 1 aromatic rings. The van der Waals surface area contributed by atoms with Gasteiger partial charge in [0.25, 0.3) is 0 Å². The number of pyridine rings is 1. The summed E-state index contributed by atoms with van der Waals surface area (Å²) in [6.07, 6.45) is 1.08. The molecule has 12 heavy (non-hydrogen) atoms. The quantitative estimate of drug-likeness (QED) is 0.804. The van der Waals surface area contributed by atoms with Gasteiger partial charge in [0.1, 0.15) is 0 Å². The number of hydrogen-bond donors (Lipinski definition) is 2. The molecule has 0 bridgehead atoms. The van der Waals surface area contributed by atoms with E-state index in [0.717, 1.165) is 4.47 Å². The van der Waals surface area contributed by atoms with Crippen molar-refractivity contribution in [2.24, 2.45) is 5.73 Å². The van der Waals surface area contributed by atoms with Crippen molar-refractivity contribution in [2.45, 2.75) is 19.1 Å². The van der Waals surface area contributed by atoms with E-state index in [1.165, 1.54) is 0 Å². The number of rotatable bonds is 2. The van der Waals surface area contributed by atoms with Crippen LogP contribution in [-0.4, -0.2) is 16.2 Å². The topological polar surface area (TPSA) is 59.1 Å². The fraction of sp³-hybridized carbons (Fsp3) is 0.375. The molecular weight excluding hydrogens is 220 g/mol. The van der Waals surface area contributed by atoms with Gasteiger partial charge in [-0.2, -0.15) is 0 Å². The second kappa shape index (κ2) is 3.98. The van der Waals surface area contributed by atoms with Crippen LogP contribution in [0.4, 0.5) is 0 Å². The normalized spacial score (nSPS) is 15.7. The minimum absolute atomic E-state index is 0.414. The molecule has 0 saturated heterocycles. The van der Waals surface area contributed by atoms with Crippen molar-refractivity contribution in [3.8, 4) is 0 Å². The first kappa shape index (κ1) is 9.64. The van der Waals surface area contributed by atoms with Crippen LogP contribution in [0.2, 0.25) is 0 Å². The van der Waals surface area contributed by atoms with Crippen molar-refractivity contribution in [1.82, 2.24) is 4.98 Å². The van der Waals surface area contributed by atoms with E-state index in [1.807, 2.05) is 6.07 Å². The highest BCUT2D eigenvalue weighted by Gasteiger charge is 2.12. The molecule has 0 amide bonds. The zero-order valence-corrected chi connectivity index (χ0v) is 8.32. The molecular formula is C8H11BrN2O. The van der Waals surface area contributed by atoms with Gasteiger partial charge in [-0.15, -0.1) is 0 Å². The van der Waals surface area contributed by atoms with E-state index < -0.39 is 12.1 Å². The SMILES string of the molecule is CC(O)C(N)c1cc(Br)ccn1. The molecule has 0 fully saturated rings. The van der Waals surface area contributed by atoms with Crippen molar-refractivity contribution in [3.05, 3.63) is 28.5 Å². The average Bonchev–Trinajstić information content (AvgIpc) is 2.03. The van der Waals surface area contributed by atoms with Crippen LogP contribution in [0.3, 0.4) is 0 Å². The lowest BCUT2D eigenvalue weighted by Gasteiger charge is -2.13. The highest BCUT2D eigenvalue weighted by molar-refractivity contribution is 9.10. The maximum atomic E-state index is 9.18. The molecule has 66 valence electrons. The Balaban J connectivity index is 2.88. The fourth-order valence-electron chi connectivity index (χ4n) is 0.851. The Morgan fingerprint density at radius 1 is 1.67 bits per heavy atom. The van der Waals surface area contributed by atoms with Crippen LogP contribution in [0, 0.1) is 0 Å². The number of aliphatic hydroxyl groups excluding tert-OH is 1. The summed E-state index contributed by atoms with van der Waals surface area (Å²) in [6.45, 7) is 1.65. The molecule has 0 spiro atoms. The Morgan fingerprint density at radius 2 is 2.33 bits per heavy atom. The second-order valence-electron chi connectivity index (χ2n) is 2.67. The Kier molecular flexibility index (Phi) is 3.20. The first-order valence-electron chi connectivity index (χ1n) is 3.66. The van der Waals surface area contributed by atoms with E-state index in [1.54, 1.807) is 19.2 Å².